The third-order valence-electron chi connectivity index (χ3n) is 3.18. The third-order valence-corrected chi connectivity index (χ3v) is 3.89. The highest BCUT2D eigenvalue weighted by atomic mass is 35.5. The van der Waals surface area contributed by atoms with Crippen molar-refractivity contribution >= 4 is 41.2 Å². The van der Waals surface area contributed by atoms with E-state index in [1.165, 1.54) is 13.0 Å². The highest BCUT2D eigenvalue weighted by Gasteiger charge is 2.09. The molecule has 2 rings (SSSR count). The van der Waals surface area contributed by atoms with Crippen molar-refractivity contribution in [1.29, 1.82) is 0 Å². The zero-order valence-electron chi connectivity index (χ0n) is 13.3. The summed E-state index contributed by atoms with van der Waals surface area (Å²) in [6, 6.07) is 11.9. The van der Waals surface area contributed by atoms with Crippen LogP contribution >= 0.6 is 23.2 Å². The fraction of sp³-hybridized carbons (Fsp3) is 0.111. The van der Waals surface area contributed by atoms with Crippen LogP contribution in [0.5, 0.6) is 5.75 Å². The van der Waals surface area contributed by atoms with E-state index in [1.807, 2.05) is 0 Å². The first-order valence-corrected chi connectivity index (χ1v) is 8.00. The average Bonchev–Trinajstić information content (AvgIpc) is 2.54. The van der Waals surface area contributed by atoms with Crippen LogP contribution < -0.4 is 10.1 Å². The van der Waals surface area contributed by atoms with Gasteiger partial charge in [0.25, 0.3) is 0 Å². The molecule has 0 unspecified atom stereocenters. The molecular formula is C18H15Cl2NO4. The van der Waals surface area contributed by atoms with Gasteiger partial charge in [0.05, 0.1) is 0 Å². The van der Waals surface area contributed by atoms with Gasteiger partial charge in [-0.2, -0.15) is 0 Å². The number of halogens is 2. The summed E-state index contributed by atoms with van der Waals surface area (Å²) in [5, 5.41) is 12.4. The van der Waals surface area contributed by atoms with E-state index in [4.69, 9.17) is 33.0 Å². The van der Waals surface area contributed by atoms with Crippen molar-refractivity contribution < 1.29 is 19.4 Å². The standard InChI is InChI=1S/C18H15Cl2NO4/c1-11(22)21-17(18(23)24)9-12-5-7-13(8-6-12)25-10-14-15(19)3-2-4-16(14)20/h2-9H,10H2,1H3,(H,21,22)(H,23,24)/b17-9-. The topological polar surface area (TPSA) is 75.6 Å². The molecule has 0 aliphatic rings. The normalized spacial score (nSPS) is 11.1. The summed E-state index contributed by atoms with van der Waals surface area (Å²) in [6.45, 7) is 1.45. The summed E-state index contributed by atoms with van der Waals surface area (Å²) < 4.78 is 5.65. The van der Waals surface area contributed by atoms with Gasteiger partial charge in [0.2, 0.25) is 5.91 Å². The lowest BCUT2D eigenvalue weighted by molar-refractivity contribution is -0.134. The SMILES string of the molecule is CC(=O)N/C(=C\c1ccc(OCc2c(Cl)cccc2Cl)cc1)C(=O)O. The van der Waals surface area contributed by atoms with Gasteiger partial charge in [-0.1, -0.05) is 41.4 Å². The van der Waals surface area contributed by atoms with Gasteiger partial charge >= 0.3 is 5.97 Å². The number of nitrogens with one attached hydrogen (secondary N) is 1. The van der Waals surface area contributed by atoms with E-state index in [-0.39, 0.29) is 12.3 Å². The first kappa shape index (κ1) is 18.8. The molecule has 0 spiro atoms. The summed E-state index contributed by atoms with van der Waals surface area (Å²) >= 11 is 12.2. The Balaban J connectivity index is 2.09. The second kappa shape index (κ2) is 8.55. The van der Waals surface area contributed by atoms with Crippen LogP contribution in [0, 0.1) is 0 Å². The second-order valence-electron chi connectivity index (χ2n) is 5.10. The third kappa shape index (κ3) is 5.52. The Hall–Kier alpha value is -2.50. The number of rotatable bonds is 6. The van der Waals surface area contributed by atoms with Gasteiger partial charge in [0.1, 0.15) is 18.1 Å². The summed E-state index contributed by atoms with van der Waals surface area (Å²) in [6.07, 6.45) is 1.36. The lowest BCUT2D eigenvalue weighted by Gasteiger charge is -2.10. The van der Waals surface area contributed by atoms with Crippen LogP contribution in [0.3, 0.4) is 0 Å². The van der Waals surface area contributed by atoms with E-state index in [0.29, 0.717) is 26.9 Å². The van der Waals surface area contributed by atoms with E-state index in [2.05, 4.69) is 5.32 Å². The molecule has 0 saturated heterocycles. The van der Waals surface area contributed by atoms with Crippen LogP contribution in [0.15, 0.2) is 48.2 Å². The monoisotopic (exact) mass is 379 g/mol. The number of benzene rings is 2. The van der Waals surface area contributed by atoms with E-state index in [0.717, 1.165) is 0 Å². The van der Waals surface area contributed by atoms with Crippen LogP contribution in [-0.2, 0) is 16.2 Å². The molecule has 0 saturated carbocycles. The van der Waals surface area contributed by atoms with Crippen molar-refractivity contribution in [2.45, 2.75) is 13.5 Å². The minimum Gasteiger partial charge on any atom is -0.489 e. The van der Waals surface area contributed by atoms with Crippen LogP contribution in [0.4, 0.5) is 0 Å². The molecule has 0 atom stereocenters. The number of ether oxygens (including phenoxy) is 1. The van der Waals surface area contributed by atoms with Gasteiger partial charge in [-0.3, -0.25) is 4.79 Å². The quantitative estimate of drug-likeness (QED) is 0.739. The molecule has 0 aromatic heterocycles. The number of carbonyl (C=O) groups excluding carboxylic acids is 1. The van der Waals surface area contributed by atoms with Gasteiger partial charge in [-0.25, -0.2) is 4.79 Å². The molecule has 0 bridgehead atoms. The second-order valence-corrected chi connectivity index (χ2v) is 5.92. The van der Waals surface area contributed by atoms with Gasteiger partial charge in [0, 0.05) is 22.5 Å². The van der Waals surface area contributed by atoms with E-state index >= 15 is 0 Å². The van der Waals surface area contributed by atoms with Crippen molar-refractivity contribution in [2.24, 2.45) is 0 Å². The molecule has 130 valence electrons. The molecule has 0 fully saturated rings. The number of carbonyl (C=O) groups is 2. The minimum atomic E-state index is -1.22. The summed E-state index contributed by atoms with van der Waals surface area (Å²) in [7, 11) is 0. The van der Waals surface area contributed by atoms with Crippen molar-refractivity contribution in [2.75, 3.05) is 0 Å². The lowest BCUT2D eigenvalue weighted by atomic mass is 10.2. The van der Waals surface area contributed by atoms with Crippen LogP contribution in [0.1, 0.15) is 18.1 Å². The summed E-state index contributed by atoms with van der Waals surface area (Å²) in [5.74, 6) is -1.10. The molecule has 0 heterocycles. The highest BCUT2D eigenvalue weighted by Crippen LogP contribution is 2.26. The highest BCUT2D eigenvalue weighted by molar-refractivity contribution is 6.35. The zero-order chi connectivity index (χ0) is 18.4. The first-order chi connectivity index (χ1) is 11.9. The number of hydrogen-bond acceptors (Lipinski definition) is 3. The predicted molar refractivity (Wildman–Crippen MR) is 96.7 cm³/mol. The van der Waals surface area contributed by atoms with Crippen LogP contribution in [0.25, 0.3) is 6.08 Å². The van der Waals surface area contributed by atoms with Crippen LogP contribution in [-0.4, -0.2) is 17.0 Å². The van der Waals surface area contributed by atoms with Crippen LogP contribution in [0.2, 0.25) is 10.0 Å². The Morgan fingerprint density at radius 2 is 1.72 bits per heavy atom. The maximum Gasteiger partial charge on any atom is 0.352 e. The molecule has 5 nitrogen and oxygen atoms in total. The van der Waals surface area contributed by atoms with Gasteiger partial charge in [-0.15, -0.1) is 0 Å². The smallest absolute Gasteiger partial charge is 0.352 e. The molecule has 2 aromatic rings. The predicted octanol–water partition coefficient (Wildman–Crippen LogP) is 4.13. The molecule has 2 aromatic carbocycles. The number of hydrogen-bond donors (Lipinski definition) is 2. The molecular weight excluding hydrogens is 365 g/mol. The minimum absolute atomic E-state index is 0.205. The van der Waals surface area contributed by atoms with E-state index in [9.17, 15) is 9.59 Å². The molecule has 0 aliphatic carbocycles. The largest absolute Gasteiger partial charge is 0.489 e. The fourth-order valence-electron chi connectivity index (χ4n) is 1.99. The molecule has 0 radical (unpaired) electrons. The maximum absolute atomic E-state index is 11.1. The molecule has 25 heavy (non-hydrogen) atoms. The number of carboxylic acids is 1. The van der Waals surface area contributed by atoms with Crippen molar-refractivity contribution in [1.82, 2.24) is 5.32 Å². The van der Waals surface area contributed by atoms with E-state index < -0.39 is 11.9 Å². The Bertz CT molecular complexity index is 796. The number of carboxylic acid groups (broad SMARTS) is 1. The Labute approximate surface area is 154 Å². The number of aliphatic carboxylic acids is 1. The molecule has 1 amide bonds. The fourth-order valence-corrected chi connectivity index (χ4v) is 2.50. The Morgan fingerprint density at radius 1 is 1.12 bits per heavy atom. The summed E-state index contributed by atoms with van der Waals surface area (Å²) in [5.41, 5.74) is 1.09. The van der Waals surface area contributed by atoms with E-state index in [1.54, 1.807) is 42.5 Å². The van der Waals surface area contributed by atoms with Crippen molar-refractivity contribution in [3.05, 3.63) is 69.3 Å². The van der Waals surface area contributed by atoms with Crippen molar-refractivity contribution in [3.8, 4) is 5.75 Å². The first-order valence-electron chi connectivity index (χ1n) is 7.25. The van der Waals surface area contributed by atoms with Gasteiger partial charge in [-0.05, 0) is 35.9 Å². The zero-order valence-corrected chi connectivity index (χ0v) is 14.8. The van der Waals surface area contributed by atoms with Gasteiger partial charge < -0.3 is 15.2 Å². The van der Waals surface area contributed by atoms with Gasteiger partial charge in [0.15, 0.2) is 0 Å². The average molecular weight is 380 g/mol. The summed E-state index contributed by atoms with van der Waals surface area (Å²) in [4.78, 5) is 22.1. The van der Waals surface area contributed by atoms with Crippen molar-refractivity contribution in [3.63, 3.8) is 0 Å². The molecule has 7 heteroatoms. The number of amides is 1. The Kier molecular flexibility index (Phi) is 6.44. The Morgan fingerprint density at radius 3 is 2.24 bits per heavy atom. The molecule has 2 N–H and O–H groups in total. The lowest BCUT2D eigenvalue weighted by Crippen LogP contribution is -2.24. The maximum atomic E-state index is 11.1. The molecule has 0 aliphatic heterocycles.